The molecule has 0 aliphatic carbocycles. The summed E-state index contributed by atoms with van der Waals surface area (Å²) in [5, 5.41) is 3.53. The van der Waals surface area contributed by atoms with Crippen molar-refractivity contribution in [2.45, 2.75) is 58.3 Å². The number of aryl methyl sites for hydroxylation is 2. The van der Waals surface area contributed by atoms with Gasteiger partial charge in [-0.3, -0.25) is 14.2 Å². The zero-order valence-electron chi connectivity index (χ0n) is 17.4. The number of fused-ring (bicyclic) bond motifs is 1. The third-order valence-electron chi connectivity index (χ3n) is 5.07. The van der Waals surface area contributed by atoms with Crippen LogP contribution in [0.1, 0.15) is 50.1 Å². The highest BCUT2D eigenvalue weighted by Crippen LogP contribution is 2.22. The fourth-order valence-electron chi connectivity index (χ4n) is 3.14. The smallest absolute Gasteiger partial charge is 0.278 e. The Hall–Kier alpha value is -2.54. The van der Waals surface area contributed by atoms with E-state index in [0.717, 1.165) is 24.1 Å². The molecular weight excluding hydrogens is 384 g/mol. The minimum Gasteiger partial charge on any atom is -0.353 e. The molecule has 7 heteroatoms. The van der Waals surface area contributed by atoms with Gasteiger partial charge in [-0.15, -0.1) is 0 Å². The number of hydrogen-bond donors (Lipinski definition) is 2. The van der Waals surface area contributed by atoms with Crippen LogP contribution in [0, 0.1) is 6.92 Å². The van der Waals surface area contributed by atoms with Crippen LogP contribution in [0.15, 0.2) is 40.3 Å². The Labute approximate surface area is 175 Å². The van der Waals surface area contributed by atoms with Gasteiger partial charge >= 0.3 is 0 Å². The maximum absolute atomic E-state index is 12.9. The van der Waals surface area contributed by atoms with Gasteiger partial charge in [0.2, 0.25) is 5.91 Å². The number of carbonyl (C=O) groups excluding carboxylic acids is 1. The van der Waals surface area contributed by atoms with Crippen molar-refractivity contribution < 1.29 is 4.79 Å². The molecule has 1 aromatic carbocycles. The second-order valence-corrected chi connectivity index (χ2v) is 8.22. The Bertz CT molecular complexity index is 1050. The van der Waals surface area contributed by atoms with Gasteiger partial charge < -0.3 is 10.3 Å². The van der Waals surface area contributed by atoms with Crippen LogP contribution in [-0.4, -0.2) is 26.2 Å². The summed E-state index contributed by atoms with van der Waals surface area (Å²) >= 11 is 1.30. The Morgan fingerprint density at radius 2 is 1.93 bits per heavy atom. The molecule has 0 saturated heterocycles. The first kappa shape index (κ1) is 21.2. The normalized spacial score (nSPS) is 12.3. The molecule has 0 aliphatic rings. The molecule has 3 aromatic rings. The number of aromatic nitrogens is 3. The largest absolute Gasteiger partial charge is 0.353 e. The topological polar surface area (TPSA) is 79.8 Å². The van der Waals surface area contributed by atoms with Crippen LogP contribution in [0.2, 0.25) is 0 Å². The molecule has 1 unspecified atom stereocenters. The highest BCUT2D eigenvalue weighted by atomic mass is 32.2. The van der Waals surface area contributed by atoms with Gasteiger partial charge in [-0.25, -0.2) is 4.98 Å². The van der Waals surface area contributed by atoms with Gasteiger partial charge in [-0.05, 0) is 43.9 Å². The molecular formula is C22H28N4O2S. The predicted octanol–water partition coefficient (Wildman–Crippen LogP) is 3.97. The molecule has 0 radical (unpaired) electrons. The summed E-state index contributed by atoms with van der Waals surface area (Å²) in [7, 11) is 0. The number of nitrogens with one attached hydrogen (secondary N) is 2. The Balaban J connectivity index is 1.71. The average Bonchev–Trinajstić information content (AvgIpc) is 3.11. The lowest BCUT2D eigenvalue weighted by Crippen LogP contribution is -2.28. The predicted molar refractivity (Wildman–Crippen MR) is 118 cm³/mol. The number of aromatic amines is 1. The first-order valence-corrected chi connectivity index (χ1v) is 11.0. The molecule has 3 rings (SSSR count). The summed E-state index contributed by atoms with van der Waals surface area (Å²) in [5.41, 5.74) is 4.32. The van der Waals surface area contributed by atoms with Crippen molar-refractivity contribution in [3.63, 3.8) is 0 Å². The van der Waals surface area contributed by atoms with Gasteiger partial charge in [-0.2, -0.15) is 0 Å². The summed E-state index contributed by atoms with van der Waals surface area (Å²) in [6, 6.07) is 10.1. The monoisotopic (exact) mass is 412 g/mol. The SMILES string of the molecule is CCc1ccc(CNC(=O)CSc2nc3cc(C)[nH]c3c(=O)n2C(C)CC)cc1. The molecule has 2 heterocycles. The third-order valence-corrected chi connectivity index (χ3v) is 6.02. The van der Waals surface area contributed by atoms with Crippen molar-refractivity contribution in [1.29, 1.82) is 0 Å². The number of hydrogen-bond acceptors (Lipinski definition) is 4. The Kier molecular flexibility index (Phi) is 6.79. The van der Waals surface area contributed by atoms with E-state index in [9.17, 15) is 9.59 Å². The van der Waals surface area contributed by atoms with Gasteiger partial charge in [0.15, 0.2) is 5.16 Å². The second-order valence-electron chi connectivity index (χ2n) is 7.27. The first-order valence-electron chi connectivity index (χ1n) is 10.0. The second kappa shape index (κ2) is 9.31. The van der Waals surface area contributed by atoms with Gasteiger partial charge in [0.05, 0.1) is 11.3 Å². The maximum atomic E-state index is 12.9. The van der Waals surface area contributed by atoms with Crippen molar-refractivity contribution in [2.75, 3.05) is 5.75 Å². The first-order chi connectivity index (χ1) is 13.9. The van der Waals surface area contributed by atoms with Crippen molar-refractivity contribution in [2.24, 2.45) is 0 Å². The highest BCUT2D eigenvalue weighted by molar-refractivity contribution is 7.99. The molecule has 0 aliphatic heterocycles. The van der Waals surface area contributed by atoms with E-state index >= 15 is 0 Å². The molecule has 0 fully saturated rings. The minimum absolute atomic E-state index is 0.00523. The Morgan fingerprint density at radius 3 is 2.59 bits per heavy atom. The van der Waals surface area contributed by atoms with Crippen LogP contribution in [0.4, 0.5) is 0 Å². The molecule has 6 nitrogen and oxygen atoms in total. The lowest BCUT2D eigenvalue weighted by Gasteiger charge is -2.17. The summed E-state index contributed by atoms with van der Waals surface area (Å²) < 4.78 is 1.69. The van der Waals surface area contributed by atoms with Gasteiger partial charge in [0.1, 0.15) is 5.52 Å². The quantitative estimate of drug-likeness (QED) is 0.433. The van der Waals surface area contributed by atoms with E-state index in [1.54, 1.807) is 4.57 Å². The molecule has 0 saturated carbocycles. The van der Waals surface area contributed by atoms with Crippen LogP contribution in [0.3, 0.4) is 0 Å². The number of nitrogens with zero attached hydrogens (tertiary/aromatic N) is 2. The number of thioether (sulfide) groups is 1. The van der Waals surface area contributed by atoms with E-state index in [1.807, 2.05) is 39.0 Å². The van der Waals surface area contributed by atoms with Crippen molar-refractivity contribution in [3.05, 3.63) is 57.5 Å². The van der Waals surface area contributed by atoms with Crippen molar-refractivity contribution in [1.82, 2.24) is 19.9 Å². The van der Waals surface area contributed by atoms with E-state index < -0.39 is 0 Å². The lowest BCUT2D eigenvalue weighted by atomic mass is 10.1. The molecule has 154 valence electrons. The molecule has 0 spiro atoms. The van der Waals surface area contributed by atoms with Gasteiger partial charge in [-0.1, -0.05) is 49.9 Å². The van der Waals surface area contributed by atoms with E-state index in [4.69, 9.17) is 0 Å². The molecule has 29 heavy (non-hydrogen) atoms. The van der Waals surface area contributed by atoms with Crippen molar-refractivity contribution in [3.8, 4) is 0 Å². The van der Waals surface area contributed by atoms with Crippen LogP contribution in [0.25, 0.3) is 11.0 Å². The van der Waals surface area contributed by atoms with Gasteiger partial charge in [0, 0.05) is 18.3 Å². The number of benzene rings is 1. The van der Waals surface area contributed by atoms with E-state index in [2.05, 4.69) is 34.3 Å². The van der Waals surface area contributed by atoms with Crippen molar-refractivity contribution >= 4 is 28.7 Å². The Morgan fingerprint density at radius 1 is 1.24 bits per heavy atom. The highest BCUT2D eigenvalue weighted by Gasteiger charge is 2.18. The maximum Gasteiger partial charge on any atom is 0.278 e. The fraction of sp³-hybridized carbons (Fsp3) is 0.409. The van der Waals surface area contributed by atoms with E-state index in [1.165, 1.54) is 17.3 Å². The minimum atomic E-state index is -0.0867. The fourth-order valence-corrected chi connectivity index (χ4v) is 4.06. The van der Waals surface area contributed by atoms with Crippen LogP contribution < -0.4 is 10.9 Å². The molecule has 2 N–H and O–H groups in total. The molecule has 1 atom stereocenters. The van der Waals surface area contributed by atoms with Crippen LogP contribution >= 0.6 is 11.8 Å². The zero-order valence-corrected chi connectivity index (χ0v) is 18.2. The summed E-state index contributed by atoms with van der Waals surface area (Å²) in [4.78, 5) is 33.1. The summed E-state index contributed by atoms with van der Waals surface area (Å²) in [5.74, 6) is 0.134. The summed E-state index contributed by atoms with van der Waals surface area (Å²) in [6.07, 6.45) is 1.81. The lowest BCUT2D eigenvalue weighted by molar-refractivity contribution is -0.118. The number of H-pyrrole nitrogens is 1. The zero-order chi connectivity index (χ0) is 21.0. The average molecular weight is 413 g/mol. The number of carbonyl (C=O) groups is 1. The molecule has 2 aromatic heterocycles. The standard InChI is InChI=1S/C22H28N4O2S/c1-5-15(4)26-21(28)20-18(11-14(3)24-20)25-22(26)29-13-19(27)23-12-17-9-7-16(6-2)8-10-17/h7-11,15,24H,5-6,12-13H2,1-4H3,(H,23,27). The molecule has 0 bridgehead atoms. The van der Waals surface area contributed by atoms with Gasteiger partial charge in [0.25, 0.3) is 5.56 Å². The molecule has 1 amide bonds. The summed E-state index contributed by atoms with van der Waals surface area (Å²) in [6.45, 7) is 8.54. The van der Waals surface area contributed by atoms with E-state index in [-0.39, 0.29) is 23.3 Å². The third kappa shape index (κ3) is 4.90. The number of amides is 1. The number of rotatable bonds is 8. The van der Waals surface area contributed by atoms with Crippen LogP contribution in [0.5, 0.6) is 0 Å². The van der Waals surface area contributed by atoms with E-state index in [0.29, 0.717) is 22.7 Å². The van der Waals surface area contributed by atoms with Crippen LogP contribution in [-0.2, 0) is 17.8 Å².